The van der Waals surface area contributed by atoms with Crippen LogP contribution in [0.2, 0.25) is 0 Å². The average molecular weight is 324 g/mol. The zero-order valence-electron chi connectivity index (χ0n) is 12.0. The van der Waals surface area contributed by atoms with Crippen LogP contribution in [0.5, 0.6) is 0 Å². The summed E-state index contributed by atoms with van der Waals surface area (Å²) in [5.41, 5.74) is 1.21. The summed E-state index contributed by atoms with van der Waals surface area (Å²) in [5, 5.41) is 11.5. The SMILES string of the molecule is O=C(O)c1ccc2nc(CNC(=O)N3CCC(F)(F)C3)[nH]c2c1. The molecule has 2 aromatic rings. The fourth-order valence-corrected chi connectivity index (χ4v) is 2.46. The van der Waals surface area contributed by atoms with Crippen molar-refractivity contribution in [2.75, 3.05) is 13.1 Å². The quantitative estimate of drug-likeness (QED) is 0.802. The first-order valence-electron chi connectivity index (χ1n) is 6.97. The number of aromatic carboxylic acids is 1. The number of nitrogens with zero attached hydrogens (tertiary/aromatic N) is 2. The summed E-state index contributed by atoms with van der Waals surface area (Å²) in [4.78, 5) is 30.9. The molecule has 2 amide bonds. The molecule has 0 aliphatic carbocycles. The number of hydrogen-bond acceptors (Lipinski definition) is 3. The Bertz CT molecular complexity index is 774. The number of benzene rings is 1. The molecule has 9 heteroatoms. The normalized spacial score (nSPS) is 16.7. The molecule has 1 aliphatic heterocycles. The van der Waals surface area contributed by atoms with Crippen molar-refractivity contribution in [3.8, 4) is 0 Å². The lowest BCUT2D eigenvalue weighted by Gasteiger charge is -2.16. The van der Waals surface area contributed by atoms with Crippen molar-refractivity contribution in [3.63, 3.8) is 0 Å². The summed E-state index contributed by atoms with van der Waals surface area (Å²) in [6.45, 7) is -0.528. The number of carboxylic acids is 1. The molecule has 0 atom stereocenters. The first-order valence-corrected chi connectivity index (χ1v) is 6.97. The molecule has 1 fully saturated rings. The van der Waals surface area contributed by atoms with E-state index in [9.17, 15) is 18.4 Å². The Balaban J connectivity index is 1.65. The molecule has 1 saturated heterocycles. The topological polar surface area (TPSA) is 98.3 Å². The van der Waals surface area contributed by atoms with E-state index in [-0.39, 0.29) is 25.1 Å². The highest BCUT2D eigenvalue weighted by atomic mass is 19.3. The number of aromatic nitrogens is 2. The second-order valence-corrected chi connectivity index (χ2v) is 5.41. The van der Waals surface area contributed by atoms with Gasteiger partial charge in [0.25, 0.3) is 5.92 Å². The Morgan fingerprint density at radius 1 is 1.43 bits per heavy atom. The summed E-state index contributed by atoms with van der Waals surface area (Å²) in [5.74, 6) is -3.46. The molecule has 0 radical (unpaired) electrons. The van der Waals surface area contributed by atoms with Crippen molar-refractivity contribution in [1.29, 1.82) is 0 Å². The largest absolute Gasteiger partial charge is 0.478 e. The highest BCUT2D eigenvalue weighted by molar-refractivity contribution is 5.92. The molecule has 3 rings (SSSR count). The number of halogens is 2. The van der Waals surface area contributed by atoms with Gasteiger partial charge in [0.2, 0.25) is 0 Å². The zero-order chi connectivity index (χ0) is 16.6. The molecule has 23 heavy (non-hydrogen) atoms. The van der Waals surface area contributed by atoms with Crippen LogP contribution in [0.15, 0.2) is 18.2 Å². The summed E-state index contributed by atoms with van der Waals surface area (Å²) in [6.07, 6.45) is -0.330. The summed E-state index contributed by atoms with van der Waals surface area (Å²) < 4.78 is 26.1. The Morgan fingerprint density at radius 2 is 2.22 bits per heavy atom. The number of urea groups is 1. The number of alkyl halides is 2. The predicted octanol–water partition coefficient (Wildman–Crippen LogP) is 1.81. The summed E-state index contributed by atoms with van der Waals surface area (Å²) in [6, 6.07) is 3.85. The molecule has 1 aromatic heterocycles. The van der Waals surface area contributed by atoms with Gasteiger partial charge in [0.1, 0.15) is 5.82 Å². The standard InChI is InChI=1S/C14H14F2N4O3/c15-14(16)3-4-20(7-14)13(23)17-6-11-18-9-2-1-8(12(21)22)5-10(9)19-11/h1-2,5H,3-4,6-7H2,(H,17,23)(H,18,19)(H,21,22). The minimum atomic E-state index is -2.83. The highest BCUT2D eigenvalue weighted by Crippen LogP contribution is 2.26. The molecule has 0 spiro atoms. The second-order valence-electron chi connectivity index (χ2n) is 5.41. The third-order valence-electron chi connectivity index (χ3n) is 3.64. The first kappa shape index (κ1) is 15.2. The van der Waals surface area contributed by atoms with E-state index in [0.29, 0.717) is 16.9 Å². The fraction of sp³-hybridized carbons (Fsp3) is 0.357. The van der Waals surface area contributed by atoms with Crippen molar-refractivity contribution in [2.24, 2.45) is 0 Å². The van der Waals surface area contributed by atoms with Crippen molar-refractivity contribution in [1.82, 2.24) is 20.2 Å². The minimum Gasteiger partial charge on any atom is -0.478 e. The van der Waals surface area contributed by atoms with Crippen LogP contribution in [0.3, 0.4) is 0 Å². The van der Waals surface area contributed by atoms with Crippen LogP contribution in [0.1, 0.15) is 22.6 Å². The zero-order valence-corrected chi connectivity index (χ0v) is 12.0. The number of likely N-dealkylation sites (tertiary alicyclic amines) is 1. The molecule has 3 N–H and O–H groups in total. The van der Waals surface area contributed by atoms with Gasteiger partial charge in [0, 0.05) is 13.0 Å². The predicted molar refractivity (Wildman–Crippen MR) is 76.4 cm³/mol. The lowest BCUT2D eigenvalue weighted by Crippen LogP contribution is -2.39. The van der Waals surface area contributed by atoms with Crippen molar-refractivity contribution in [2.45, 2.75) is 18.9 Å². The van der Waals surface area contributed by atoms with Crippen LogP contribution in [-0.4, -0.2) is 51.0 Å². The van der Waals surface area contributed by atoms with Gasteiger partial charge in [-0.2, -0.15) is 0 Å². The summed E-state index contributed by atoms with van der Waals surface area (Å²) >= 11 is 0. The van der Waals surface area contributed by atoms with Gasteiger partial charge in [-0.1, -0.05) is 0 Å². The van der Waals surface area contributed by atoms with E-state index in [1.165, 1.54) is 12.1 Å². The van der Waals surface area contributed by atoms with Crippen LogP contribution in [-0.2, 0) is 6.54 Å². The van der Waals surface area contributed by atoms with Gasteiger partial charge in [-0.3, -0.25) is 0 Å². The van der Waals surface area contributed by atoms with Crippen molar-refractivity contribution in [3.05, 3.63) is 29.6 Å². The van der Waals surface area contributed by atoms with Crippen LogP contribution in [0, 0.1) is 0 Å². The maximum Gasteiger partial charge on any atom is 0.335 e. The Kier molecular flexibility index (Phi) is 3.63. The second kappa shape index (κ2) is 5.49. The van der Waals surface area contributed by atoms with E-state index < -0.39 is 24.5 Å². The lowest BCUT2D eigenvalue weighted by molar-refractivity contribution is 0.0153. The number of carbonyl (C=O) groups is 2. The molecule has 0 unspecified atom stereocenters. The average Bonchev–Trinajstić information content (AvgIpc) is 3.06. The third-order valence-corrected chi connectivity index (χ3v) is 3.64. The number of rotatable bonds is 3. The molecule has 122 valence electrons. The van der Waals surface area contributed by atoms with Gasteiger partial charge < -0.3 is 20.3 Å². The van der Waals surface area contributed by atoms with Gasteiger partial charge in [-0.25, -0.2) is 23.4 Å². The minimum absolute atomic E-state index is 0.0148. The molecule has 0 bridgehead atoms. The van der Waals surface area contributed by atoms with E-state index in [2.05, 4.69) is 15.3 Å². The van der Waals surface area contributed by atoms with Crippen LogP contribution >= 0.6 is 0 Å². The lowest BCUT2D eigenvalue weighted by atomic mass is 10.2. The number of aromatic amines is 1. The maximum atomic E-state index is 13.1. The number of carbonyl (C=O) groups excluding carboxylic acids is 1. The van der Waals surface area contributed by atoms with E-state index >= 15 is 0 Å². The number of H-pyrrole nitrogens is 1. The number of fused-ring (bicyclic) bond motifs is 1. The Morgan fingerprint density at radius 3 is 2.87 bits per heavy atom. The highest BCUT2D eigenvalue weighted by Gasteiger charge is 2.40. The fourth-order valence-electron chi connectivity index (χ4n) is 2.46. The molecule has 2 heterocycles. The van der Waals surface area contributed by atoms with Crippen molar-refractivity contribution < 1.29 is 23.5 Å². The number of amides is 2. The number of nitrogens with one attached hydrogen (secondary N) is 2. The molecular weight excluding hydrogens is 310 g/mol. The van der Waals surface area contributed by atoms with Crippen LogP contribution in [0.4, 0.5) is 13.6 Å². The Labute approximate surface area is 129 Å². The number of hydrogen-bond donors (Lipinski definition) is 3. The van der Waals surface area contributed by atoms with Gasteiger partial charge in [-0.15, -0.1) is 0 Å². The van der Waals surface area contributed by atoms with E-state index in [4.69, 9.17) is 5.11 Å². The summed E-state index contributed by atoms with van der Waals surface area (Å²) in [7, 11) is 0. The number of carboxylic acid groups (broad SMARTS) is 1. The first-order chi connectivity index (χ1) is 10.8. The van der Waals surface area contributed by atoms with Crippen LogP contribution < -0.4 is 5.32 Å². The monoisotopic (exact) mass is 324 g/mol. The maximum absolute atomic E-state index is 13.1. The molecule has 7 nitrogen and oxygen atoms in total. The third kappa shape index (κ3) is 3.22. The van der Waals surface area contributed by atoms with Gasteiger partial charge in [-0.05, 0) is 18.2 Å². The molecule has 0 saturated carbocycles. The van der Waals surface area contributed by atoms with E-state index in [1.54, 1.807) is 6.07 Å². The smallest absolute Gasteiger partial charge is 0.335 e. The van der Waals surface area contributed by atoms with Crippen molar-refractivity contribution >= 4 is 23.0 Å². The van der Waals surface area contributed by atoms with E-state index in [1.807, 2.05) is 0 Å². The number of imidazole rings is 1. The van der Waals surface area contributed by atoms with Gasteiger partial charge in [0.05, 0.1) is 29.7 Å². The molecule has 1 aliphatic rings. The molecular formula is C14H14F2N4O3. The van der Waals surface area contributed by atoms with Gasteiger partial charge >= 0.3 is 12.0 Å². The van der Waals surface area contributed by atoms with Gasteiger partial charge in [0.15, 0.2) is 0 Å². The molecule has 1 aromatic carbocycles. The Hall–Kier alpha value is -2.71. The van der Waals surface area contributed by atoms with Crippen LogP contribution in [0.25, 0.3) is 11.0 Å². The van der Waals surface area contributed by atoms with E-state index in [0.717, 1.165) is 4.90 Å².